The molecular formula is C10H22O6. The maximum atomic E-state index is 10.2. The van der Waals surface area contributed by atoms with E-state index in [1.165, 1.54) is 0 Å². The summed E-state index contributed by atoms with van der Waals surface area (Å²) < 4.78 is 0. The Hall–Kier alpha value is -0.240. The lowest BCUT2D eigenvalue weighted by Gasteiger charge is -2.48. The number of hydrogen-bond acceptors (Lipinski definition) is 6. The van der Waals surface area contributed by atoms with Crippen molar-refractivity contribution >= 4 is 0 Å². The molecule has 0 heterocycles. The molecule has 98 valence electrons. The van der Waals surface area contributed by atoms with Gasteiger partial charge in [0.25, 0.3) is 0 Å². The van der Waals surface area contributed by atoms with Crippen LogP contribution in [0.5, 0.6) is 0 Å². The van der Waals surface area contributed by atoms with E-state index in [4.69, 9.17) is 0 Å². The van der Waals surface area contributed by atoms with Crippen molar-refractivity contribution in [2.45, 2.75) is 44.7 Å². The van der Waals surface area contributed by atoms with Crippen molar-refractivity contribution in [2.24, 2.45) is 5.41 Å². The fourth-order valence-electron chi connectivity index (χ4n) is 1.98. The first kappa shape index (κ1) is 15.8. The van der Waals surface area contributed by atoms with Gasteiger partial charge in [-0.15, -0.1) is 0 Å². The van der Waals surface area contributed by atoms with Crippen molar-refractivity contribution in [3.8, 4) is 0 Å². The quantitative estimate of drug-likeness (QED) is 0.301. The second-order valence-corrected chi connectivity index (χ2v) is 4.20. The molecule has 0 amide bonds. The average molecular weight is 238 g/mol. The third kappa shape index (κ3) is 2.37. The van der Waals surface area contributed by atoms with Crippen LogP contribution in [0.1, 0.15) is 33.1 Å². The van der Waals surface area contributed by atoms with Gasteiger partial charge in [-0.2, -0.15) is 0 Å². The number of rotatable bonds is 7. The fourth-order valence-corrected chi connectivity index (χ4v) is 1.98. The van der Waals surface area contributed by atoms with E-state index in [0.29, 0.717) is 6.42 Å². The van der Waals surface area contributed by atoms with Crippen LogP contribution in [-0.2, 0) is 0 Å². The van der Waals surface area contributed by atoms with Gasteiger partial charge in [0.1, 0.15) is 0 Å². The Morgan fingerprint density at radius 1 is 0.875 bits per heavy atom. The Morgan fingerprint density at radius 3 is 1.50 bits per heavy atom. The Morgan fingerprint density at radius 2 is 1.31 bits per heavy atom. The van der Waals surface area contributed by atoms with Crippen LogP contribution in [0.3, 0.4) is 0 Å². The molecule has 16 heavy (non-hydrogen) atoms. The summed E-state index contributed by atoms with van der Waals surface area (Å²) in [5.74, 6) is -3.37. The SMILES string of the molecule is CCCC(O)(C(O)(O)O)C(CC)(CO)CO. The van der Waals surface area contributed by atoms with Gasteiger partial charge in [-0.25, -0.2) is 0 Å². The van der Waals surface area contributed by atoms with E-state index in [1.807, 2.05) is 0 Å². The minimum Gasteiger partial charge on any atom is -0.396 e. The van der Waals surface area contributed by atoms with E-state index < -0.39 is 30.2 Å². The summed E-state index contributed by atoms with van der Waals surface area (Å²) in [4.78, 5) is 0. The van der Waals surface area contributed by atoms with E-state index in [1.54, 1.807) is 13.8 Å². The van der Waals surface area contributed by atoms with Crippen LogP contribution in [0.4, 0.5) is 0 Å². The van der Waals surface area contributed by atoms with Gasteiger partial charge in [-0.1, -0.05) is 20.3 Å². The van der Waals surface area contributed by atoms with E-state index >= 15 is 0 Å². The van der Waals surface area contributed by atoms with Gasteiger partial charge < -0.3 is 30.6 Å². The average Bonchev–Trinajstić information content (AvgIpc) is 2.20. The molecule has 0 fully saturated rings. The molecular weight excluding hydrogens is 216 g/mol. The van der Waals surface area contributed by atoms with Crippen molar-refractivity contribution in [1.29, 1.82) is 0 Å². The maximum absolute atomic E-state index is 10.2. The van der Waals surface area contributed by atoms with E-state index in [0.717, 1.165) is 0 Å². The summed E-state index contributed by atoms with van der Waals surface area (Å²) in [6.07, 6.45) is 0.271. The van der Waals surface area contributed by atoms with Gasteiger partial charge in [0.15, 0.2) is 5.60 Å². The van der Waals surface area contributed by atoms with Crippen molar-refractivity contribution in [3.63, 3.8) is 0 Å². The molecule has 1 atom stereocenters. The first-order chi connectivity index (χ1) is 7.24. The molecule has 0 bridgehead atoms. The molecule has 0 aliphatic heterocycles. The lowest BCUT2D eigenvalue weighted by atomic mass is 9.67. The van der Waals surface area contributed by atoms with Gasteiger partial charge in [-0.3, -0.25) is 0 Å². The summed E-state index contributed by atoms with van der Waals surface area (Å²) in [6, 6.07) is 0. The zero-order chi connectivity index (χ0) is 13.0. The standard InChI is InChI=1S/C10H22O6/c1-3-5-9(13,10(14,15)16)8(4-2,6-11)7-12/h11-16H,3-7H2,1-2H3. The molecule has 1 unspecified atom stereocenters. The highest BCUT2D eigenvalue weighted by Crippen LogP contribution is 2.43. The van der Waals surface area contributed by atoms with Crippen LogP contribution in [0.25, 0.3) is 0 Å². The first-order valence-corrected chi connectivity index (χ1v) is 5.36. The van der Waals surface area contributed by atoms with Crippen LogP contribution in [0.15, 0.2) is 0 Å². The van der Waals surface area contributed by atoms with Gasteiger partial charge in [0.05, 0.1) is 18.6 Å². The normalized spacial score (nSPS) is 17.2. The molecule has 0 aromatic heterocycles. The summed E-state index contributed by atoms with van der Waals surface area (Å²) in [5.41, 5.74) is -3.95. The van der Waals surface area contributed by atoms with E-state index in [2.05, 4.69) is 0 Å². The predicted octanol–water partition coefficient (Wildman–Crippen LogP) is -1.47. The first-order valence-electron chi connectivity index (χ1n) is 5.36. The summed E-state index contributed by atoms with van der Waals surface area (Å²) in [5, 5.41) is 56.4. The van der Waals surface area contributed by atoms with E-state index in [-0.39, 0.29) is 12.8 Å². The summed E-state index contributed by atoms with van der Waals surface area (Å²) >= 11 is 0. The smallest absolute Gasteiger partial charge is 0.306 e. The molecule has 0 aromatic rings. The number of aliphatic hydroxyl groups excluding tert-OH is 2. The minimum atomic E-state index is -3.37. The van der Waals surface area contributed by atoms with Crippen molar-refractivity contribution in [3.05, 3.63) is 0 Å². The Labute approximate surface area is 94.8 Å². The molecule has 0 rings (SSSR count). The van der Waals surface area contributed by atoms with Gasteiger partial charge >= 0.3 is 5.97 Å². The molecule has 0 saturated heterocycles. The van der Waals surface area contributed by atoms with Crippen molar-refractivity contribution in [1.82, 2.24) is 0 Å². The second kappa shape index (κ2) is 5.39. The molecule has 0 saturated carbocycles. The van der Waals surface area contributed by atoms with Crippen LogP contribution >= 0.6 is 0 Å². The van der Waals surface area contributed by atoms with E-state index in [9.17, 15) is 30.6 Å². The van der Waals surface area contributed by atoms with Crippen LogP contribution in [-0.4, -0.2) is 55.4 Å². The van der Waals surface area contributed by atoms with Gasteiger partial charge in [0.2, 0.25) is 0 Å². The molecule has 6 nitrogen and oxygen atoms in total. The monoisotopic (exact) mass is 238 g/mol. The lowest BCUT2D eigenvalue weighted by molar-refractivity contribution is -0.421. The highest BCUT2D eigenvalue weighted by atomic mass is 16.7. The number of aliphatic hydroxyl groups is 6. The van der Waals surface area contributed by atoms with Crippen LogP contribution < -0.4 is 0 Å². The fraction of sp³-hybridized carbons (Fsp3) is 1.00. The summed E-state index contributed by atoms with van der Waals surface area (Å²) in [7, 11) is 0. The minimum absolute atomic E-state index is 0.0833. The predicted molar refractivity (Wildman–Crippen MR) is 56.1 cm³/mol. The van der Waals surface area contributed by atoms with Crippen LogP contribution in [0.2, 0.25) is 0 Å². The largest absolute Gasteiger partial charge is 0.396 e. The van der Waals surface area contributed by atoms with Gasteiger partial charge in [-0.05, 0) is 12.8 Å². The molecule has 0 aromatic carbocycles. The third-order valence-electron chi connectivity index (χ3n) is 3.33. The maximum Gasteiger partial charge on any atom is 0.306 e. The highest BCUT2D eigenvalue weighted by Gasteiger charge is 2.60. The van der Waals surface area contributed by atoms with Crippen molar-refractivity contribution < 1.29 is 30.6 Å². The molecule has 0 radical (unpaired) electrons. The third-order valence-corrected chi connectivity index (χ3v) is 3.33. The molecule has 0 spiro atoms. The molecule has 0 aliphatic rings. The zero-order valence-corrected chi connectivity index (χ0v) is 9.72. The zero-order valence-electron chi connectivity index (χ0n) is 9.72. The Kier molecular flexibility index (Phi) is 5.31. The molecule has 6 heteroatoms. The van der Waals surface area contributed by atoms with Gasteiger partial charge in [0, 0.05) is 0 Å². The lowest BCUT2D eigenvalue weighted by Crippen LogP contribution is -2.66. The Bertz CT molecular complexity index is 200. The van der Waals surface area contributed by atoms with Crippen LogP contribution in [0, 0.1) is 5.41 Å². The van der Waals surface area contributed by atoms with Crippen molar-refractivity contribution in [2.75, 3.05) is 13.2 Å². The summed E-state index contributed by atoms with van der Waals surface area (Å²) in [6.45, 7) is 1.91. The Balaban J connectivity index is 5.46. The highest BCUT2D eigenvalue weighted by molar-refractivity contribution is 5.01. The number of hydrogen-bond donors (Lipinski definition) is 6. The second-order valence-electron chi connectivity index (χ2n) is 4.20. The molecule has 0 aliphatic carbocycles. The topological polar surface area (TPSA) is 121 Å². The molecule has 6 N–H and O–H groups in total.